The molecule has 0 aliphatic carbocycles. The second-order valence-corrected chi connectivity index (χ2v) is 6.93. The Labute approximate surface area is 179 Å². The van der Waals surface area contributed by atoms with Crippen molar-refractivity contribution in [1.29, 1.82) is 0 Å². The second kappa shape index (κ2) is 9.06. The number of aromatic nitrogens is 1. The molecule has 0 fully saturated rings. The number of nitrogens with two attached hydrogens (primary N) is 1. The summed E-state index contributed by atoms with van der Waals surface area (Å²) in [6.45, 7) is -0.0433. The summed E-state index contributed by atoms with van der Waals surface area (Å²) in [5.74, 6) is 5.72. The topological polar surface area (TPSA) is 113 Å². The largest absolute Gasteiger partial charge is 0.392 e. The predicted octanol–water partition coefficient (Wildman–Crippen LogP) is 4.02. The van der Waals surface area contributed by atoms with E-state index in [1.807, 2.05) is 42.5 Å². The number of anilines is 3. The van der Waals surface area contributed by atoms with Crippen molar-refractivity contribution in [2.75, 3.05) is 10.6 Å². The highest BCUT2D eigenvalue weighted by Crippen LogP contribution is 2.29. The zero-order chi connectivity index (χ0) is 21.6. The molecule has 0 unspecified atom stereocenters. The minimum Gasteiger partial charge on any atom is -0.392 e. The Balaban J connectivity index is 1.72. The summed E-state index contributed by atoms with van der Waals surface area (Å²) in [5.41, 5.74) is 3.51. The number of hydrogen-bond donors (Lipinski definition) is 4. The van der Waals surface area contributed by atoms with Crippen LogP contribution in [0.5, 0.6) is 0 Å². The number of benzene rings is 3. The van der Waals surface area contributed by atoms with Crippen LogP contribution in [0.25, 0.3) is 10.8 Å². The summed E-state index contributed by atoms with van der Waals surface area (Å²) >= 11 is 0. The lowest BCUT2D eigenvalue weighted by molar-refractivity contribution is 0.102. The molecule has 0 spiro atoms. The second-order valence-electron chi connectivity index (χ2n) is 6.93. The van der Waals surface area contributed by atoms with Crippen LogP contribution in [-0.2, 0) is 6.61 Å². The van der Waals surface area contributed by atoms with E-state index in [1.165, 1.54) is 0 Å². The number of aliphatic hydroxyl groups excluding tert-OH is 1. The zero-order valence-corrected chi connectivity index (χ0v) is 16.6. The quantitative estimate of drug-likeness (QED) is 0.217. The Morgan fingerprint density at radius 1 is 1.06 bits per heavy atom. The fraction of sp³-hybridized carbons (Fsp3) is 0.0417. The molecule has 1 amide bonds. The number of amides is 1. The molecule has 5 N–H and O–H groups in total. The first-order valence-electron chi connectivity index (χ1n) is 9.66. The molecule has 4 aromatic rings. The SMILES string of the molecule is NN=Cc1ccc2cc(C(=O)Nc3ccc(CO)cc3)cc(Nc3ccccn3)c2c1. The van der Waals surface area contributed by atoms with Crippen LogP contribution in [0, 0.1) is 0 Å². The maximum absolute atomic E-state index is 12.9. The van der Waals surface area contributed by atoms with Crippen molar-refractivity contribution in [2.24, 2.45) is 10.9 Å². The number of nitrogens with one attached hydrogen (secondary N) is 2. The molecule has 3 aromatic carbocycles. The molecule has 0 radical (unpaired) electrons. The van der Waals surface area contributed by atoms with Gasteiger partial charge in [0.05, 0.1) is 12.8 Å². The molecule has 31 heavy (non-hydrogen) atoms. The Morgan fingerprint density at radius 3 is 2.61 bits per heavy atom. The molecule has 0 aliphatic heterocycles. The molecule has 1 heterocycles. The highest BCUT2D eigenvalue weighted by Gasteiger charge is 2.12. The van der Waals surface area contributed by atoms with Gasteiger partial charge in [-0.3, -0.25) is 4.79 Å². The van der Waals surface area contributed by atoms with Crippen LogP contribution < -0.4 is 16.5 Å². The number of nitrogens with zero attached hydrogens (tertiary/aromatic N) is 2. The molecule has 0 saturated carbocycles. The lowest BCUT2D eigenvalue weighted by Crippen LogP contribution is -2.12. The molecule has 154 valence electrons. The highest BCUT2D eigenvalue weighted by molar-refractivity contribution is 6.10. The minimum atomic E-state index is -0.240. The van der Waals surface area contributed by atoms with Crippen molar-refractivity contribution in [3.63, 3.8) is 0 Å². The monoisotopic (exact) mass is 411 g/mol. The first-order valence-corrected chi connectivity index (χ1v) is 9.66. The number of rotatable bonds is 6. The van der Waals surface area contributed by atoms with Crippen LogP contribution in [0.3, 0.4) is 0 Å². The van der Waals surface area contributed by atoms with Crippen LogP contribution in [0.2, 0.25) is 0 Å². The molecule has 7 heteroatoms. The van der Waals surface area contributed by atoms with Crippen LogP contribution >= 0.6 is 0 Å². The van der Waals surface area contributed by atoms with Crippen LogP contribution in [-0.4, -0.2) is 22.2 Å². The fourth-order valence-electron chi connectivity index (χ4n) is 3.25. The summed E-state index contributed by atoms with van der Waals surface area (Å²) in [4.78, 5) is 17.3. The van der Waals surface area contributed by atoms with E-state index in [9.17, 15) is 9.90 Å². The third-order valence-corrected chi connectivity index (χ3v) is 4.79. The summed E-state index contributed by atoms with van der Waals surface area (Å²) in [6, 6.07) is 22.0. The van der Waals surface area contributed by atoms with Gasteiger partial charge in [-0.25, -0.2) is 4.98 Å². The molecule has 0 saturated heterocycles. The van der Waals surface area contributed by atoms with E-state index in [-0.39, 0.29) is 12.5 Å². The average molecular weight is 411 g/mol. The van der Waals surface area contributed by atoms with Gasteiger partial charge in [0.15, 0.2) is 0 Å². The van der Waals surface area contributed by atoms with Gasteiger partial charge in [0.2, 0.25) is 0 Å². The molecule has 1 aromatic heterocycles. The van der Waals surface area contributed by atoms with E-state index < -0.39 is 0 Å². The third-order valence-electron chi connectivity index (χ3n) is 4.79. The van der Waals surface area contributed by atoms with Gasteiger partial charge in [-0.05, 0) is 59.0 Å². The van der Waals surface area contributed by atoms with Crippen molar-refractivity contribution < 1.29 is 9.90 Å². The Morgan fingerprint density at radius 2 is 1.90 bits per heavy atom. The van der Waals surface area contributed by atoms with E-state index in [0.29, 0.717) is 17.1 Å². The van der Waals surface area contributed by atoms with Gasteiger partial charge >= 0.3 is 0 Å². The number of hydrazone groups is 1. The summed E-state index contributed by atoms with van der Waals surface area (Å²) < 4.78 is 0. The third kappa shape index (κ3) is 4.68. The zero-order valence-electron chi connectivity index (χ0n) is 16.6. The molecule has 0 bridgehead atoms. The smallest absolute Gasteiger partial charge is 0.255 e. The molecule has 4 rings (SSSR count). The average Bonchev–Trinajstić information content (AvgIpc) is 2.80. The summed E-state index contributed by atoms with van der Waals surface area (Å²) in [6.07, 6.45) is 3.27. The number of fused-ring (bicyclic) bond motifs is 1. The van der Waals surface area contributed by atoms with E-state index in [0.717, 1.165) is 27.6 Å². The van der Waals surface area contributed by atoms with Crippen LogP contribution in [0.15, 0.2) is 84.1 Å². The Bertz CT molecular complexity index is 1240. The van der Waals surface area contributed by atoms with Crippen molar-refractivity contribution in [3.05, 3.63) is 95.7 Å². The van der Waals surface area contributed by atoms with Crippen molar-refractivity contribution in [3.8, 4) is 0 Å². The Hall–Kier alpha value is -4.23. The maximum Gasteiger partial charge on any atom is 0.255 e. The van der Waals surface area contributed by atoms with E-state index in [2.05, 4.69) is 20.7 Å². The number of hydrogen-bond acceptors (Lipinski definition) is 6. The summed E-state index contributed by atoms with van der Waals surface area (Å²) in [5, 5.41) is 20.8. The number of carbonyl (C=O) groups excluding carboxylic acids is 1. The van der Waals surface area contributed by atoms with Crippen molar-refractivity contribution >= 4 is 40.1 Å². The predicted molar refractivity (Wildman–Crippen MR) is 124 cm³/mol. The molecule has 0 atom stereocenters. The number of carbonyl (C=O) groups is 1. The Kier molecular flexibility index (Phi) is 5.86. The van der Waals surface area contributed by atoms with Gasteiger partial charge in [-0.15, -0.1) is 0 Å². The van der Waals surface area contributed by atoms with Crippen molar-refractivity contribution in [2.45, 2.75) is 6.61 Å². The molecular weight excluding hydrogens is 390 g/mol. The van der Waals surface area contributed by atoms with Crippen LogP contribution in [0.4, 0.5) is 17.2 Å². The van der Waals surface area contributed by atoms with E-state index >= 15 is 0 Å². The number of pyridine rings is 1. The molecule has 0 aliphatic rings. The standard InChI is InChI=1S/C24H21N5O2/c25-27-14-17-4-7-18-12-19(24(31)28-20-8-5-16(15-30)6-9-20)13-22(21(18)11-17)29-23-3-1-2-10-26-23/h1-14,30H,15,25H2,(H,26,29)(H,28,31). The lowest BCUT2D eigenvalue weighted by Gasteiger charge is -2.13. The normalized spacial score (nSPS) is 11.0. The van der Waals surface area contributed by atoms with Crippen molar-refractivity contribution in [1.82, 2.24) is 4.98 Å². The highest BCUT2D eigenvalue weighted by atomic mass is 16.3. The first kappa shape index (κ1) is 20.1. The van der Waals surface area contributed by atoms with Gasteiger partial charge in [0.25, 0.3) is 5.91 Å². The van der Waals surface area contributed by atoms with E-state index in [4.69, 9.17) is 5.84 Å². The maximum atomic E-state index is 12.9. The lowest BCUT2D eigenvalue weighted by atomic mass is 10.0. The van der Waals surface area contributed by atoms with Gasteiger partial charge in [0, 0.05) is 28.5 Å². The minimum absolute atomic E-state index is 0.0433. The number of aliphatic hydroxyl groups is 1. The molecule has 7 nitrogen and oxygen atoms in total. The van der Waals surface area contributed by atoms with Gasteiger partial charge in [-0.2, -0.15) is 5.10 Å². The van der Waals surface area contributed by atoms with E-state index in [1.54, 1.807) is 42.7 Å². The van der Waals surface area contributed by atoms with Gasteiger partial charge < -0.3 is 21.6 Å². The van der Waals surface area contributed by atoms with Gasteiger partial charge in [0.1, 0.15) is 5.82 Å². The van der Waals surface area contributed by atoms with Gasteiger partial charge in [-0.1, -0.05) is 30.3 Å². The van der Waals surface area contributed by atoms with Crippen LogP contribution in [0.1, 0.15) is 21.5 Å². The molecular formula is C24H21N5O2. The fourth-order valence-corrected chi connectivity index (χ4v) is 3.25. The first-order chi connectivity index (χ1) is 15.2. The summed E-state index contributed by atoms with van der Waals surface area (Å²) in [7, 11) is 0.